The van der Waals surface area contributed by atoms with Crippen molar-refractivity contribution in [3.05, 3.63) is 98.9 Å². The van der Waals surface area contributed by atoms with Crippen molar-refractivity contribution in [2.45, 2.75) is 58.2 Å². The van der Waals surface area contributed by atoms with Crippen LogP contribution in [0.3, 0.4) is 0 Å². The van der Waals surface area contributed by atoms with E-state index < -0.39 is 11.9 Å². The number of halogens is 1. The third-order valence-electron chi connectivity index (χ3n) is 11.6. The molecule has 1 spiro atoms. The number of cyclic esters (lactones) is 2. The van der Waals surface area contributed by atoms with Crippen LogP contribution in [-0.4, -0.2) is 73.0 Å². The van der Waals surface area contributed by atoms with Crippen LogP contribution in [0, 0.1) is 17.9 Å². The van der Waals surface area contributed by atoms with Crippen LogP contribution in [0.2, 0.25) is 5.02 Å². The molecule has 3 aromatic carbocycles. The second kappa shape index (κ2) is 12.5. The topological polar surface area (TPSA) is 77.8 Å². The van der Waals surface area contributed by atoms with E-state index in [1.54, 1.807) is 0 Å². The molecule has 8 rings (SSSR count). The van der Waals surface area contributed by atoms with Crippen LogP contribution in [0.5, 0.6) is 0 Å². The Morgan fingerprint density at radius 1 is 0.918 bits per heavy atom. The van der Waals surface area contributed by atoms with Gasteiger partial charge in [0.1, 0.15) is 0 Å². The monoisotopic (exact) mass is 677 g/mol. The lowest BCUT2D eigenvalue weighted by Gasteiger charge is -2.40. The van der Waals surface area contributed by atoms with E-state index in [1.165, 1.54) is 5.69 Å². The van der Waals surface area contributed by atoms with E-state index in [-0.39, 0.29) is 11.3 Å². The second-order valence-electron chi connectivity index (χ2n) is 14.7. The zero-order chi connectivity index (χ0) is 33.9. The largest absolute Gasteiger partial charge is 0.386 e. The fourth-order valence-corrected chi connectivity index (χ4v) is 9.11. The maximum Gasteiger partial charge on any atom is 0.346 e. The summed E-state index contributed by atoms with van der Waals surface area (Å²) in [7, 11) is 0. The van der Waals surface area contributed by atoms with Gasteiger partial charge < -0.3 is 19.4 Å². The number of anilines is 2. The van der Waals surface area contributed by atoms with Gasteiger partial charge >= 0.3 is 11.9 Å². The quantitative estimate of drug-likeness (QED) is 0.164. The second-order valence-corrected chi connectivity index (χ2v) is 15.1. The maximum absolute atomic E-state index is 13.5. The van der Waals surface area contributed by atoms with Crippen molar-refractivity contribution in [3.63, 3.8) is 0 Å². The number of piperidine rings is 2. The lowest BCUT2D eigenvalue weighted by Crippen LogP contribution is -2.42. The number of amides is 1. The molecule has 0 bridgehead atoms. The lowest BCUT2D eigenvalue weighted by atomic mass is 9.76. The molecule has 5 aliphatic rings. The highest BCUT2D eigenvalue weighted by atomic mass is 35.5. The first kappa shape index (κ1) is 31.9. The third kappa shape index (κ3) is 5.95. The summed E-state index contributed by atoms with van der Waals surface area (Å²) >= 11 is 6.37. The minimum absolute atomic E-state index is 0.104. The molecular weight excluding hydrogens is 638 g/mol. The molecule has 49 heavy (non-hydrogen) atoms. The molecule has 0 saturated carbocycles. The van der Waals surface area contributed by atoms with Crippen LogP contribution in [-0.2, 0) is 17.8 Å². The van der Waals surface area contributed by atoms with Crippen LogP contribution in [0.4, 0.5) is 17.1 Å². The van der Waals surface area contributed by atoms with E-state index in [9.17, 15) is 14.4 Å². The maximum atomic E-state index is 13.5. The summed E-state index contributed by atoms with van der Waals surface area (Å²) in [5.41, 5.74) is 6.75. The fraction of sp³-hybridized carbons (Fsp3) is 0.436. The molecule has 9 nitrogen and oxygen atoms in total. The summed E-state index contributed by atoms with van der Waals surface area (Å²) in [6.07, 6.45) is 5.32. The van der Waals surface area contributed by atoms with Gasteiger partial charge in [0.25, 0.3) is 5.91 Å². The standard InChI is InChI=1S/C39H40ClN5O4/c1-25-20-39(24-45(25)31-7-8-35(41-2)34(40)19-31)11-15-43(16-12-39)30-5-3-27(4-6-30)36(46)44-13-9-26(10-14-44)21-42-22-28-17-32-33(18-29(28)23-42)38(48)49-37(32)47/h3-8,17-19,25-26H,9-16,20-24H2,1H3/t25-/m0/s1. The number of hydrogen-bond acceptors (Lipinski definition) is 7. The number of carbonyl (C=O) groups excluding carboxylic acids is 3. The Balaban J connectivity index is 0.814. The van der Waals surface area contributed by atoms with Gasteiger partial charge in [-0.15, -0.1) is 0 Å². The Hall–Kier alpha value is -4.39. The highest BCUT2D eigenvalue weighted by Gasteiger charge is 2.44. The minimum atomic E-state index is -0.548. The number of fused-ring (bicyclic) bond motifs is 2. The lowest BCUT2D eigenvalue weighted by molar-refractivity contribution is 0.0443. The molecule has 0 unspecified atom stereocenters. The molecule has 3 fully saturated rings. The van der Waals surface area contributed by atoms with Crippen LogP contribution < -0.4 is 9.80 Å². The average molecular weight is 678 g/mol. The first-order chi connectivity index (χ1) is 23.7. The van der Waals surface area contributed by atoms with Gasteiger partial charge in [-0.05, 0) is 110 Å². The van der Waals surface area contributed by atoms with E-state index in [4.69, 9.17) is 22.9 Å². The van der Waals surface area contributed by atoms with Gasteiger partial charge in [-0.3, -0.25) is 9.69 Å². The number of esters is 2. The van der Waals surface area contributed by atoms with Crippen molar-refractivity contribution < 1.29 is 19.1 Å². The van der Waals surface area contributed by atoms with E-state index >= 15 is 0 Å². The molecule has 3 aromatic rings. The van der Waals surface area contributed by atoms with Gasteiger partial charge in [0.2, 0.25) is 5.69 Å². The number of benzene rings is 3. The molecule has 5 heterocycles. The van der Waals surface area contributed by atoms with Gasteiger partial charge in [0.05, 0.1) is 17.7 Å². The number of rotatable bonds is 5. The Morgan fingerprint density at radius 3 is 2.16 bits per heavy atom. The molecule has 0 N–H and O–H groups in total. The molecule has 0 aliphatic carbocycles. The zero-order valence-electron chi connectivity index (χ0n) is 27.8. The van der Waals surface area contributed by atoms with Gasteiger partial charge in [-0.2, -0.15) is 0 Å². The Labute approximate surface area is 292 Å². The molecule has 1 amide bonds. The van der Waals surface area contributed by atoms with Crippen LogP contribution in [0.25, 0.3) is 4.85 Å². The van der Waals surface area contributed by atoms with Crippen LogP contribution >= 0.6 is 11.6 Å². The number of nitrogens with zero attached hydrogens (tertiary/aromatic N) is 5. The van der Waals surface area contributed by atoms with Gasteiger partial charge in [0.15, 0.2) is 0 Å². The molecule has 252 valence electrons. The first-order valence-corrected chi connectivity index (χ1v) is 17.8. The van der Waals surface area contributed by atoms with E-state index in [0.29, 0.717) is 33.8 Å². The van der Waals surface area contributed by atoms with Crippen molar-refractivity contribution in [2.24, 2.45) is 11.3 Å². The van der Waals surface area contributed by atoms with Crippen molar-refractivity contribution >= 4 is 46.5 Å². The summed E-state index contributed by atoms with van der Waals surface area (Å²) in [5, 5.41) is 0.521. The molecule has 5 aliphatic heterocycles. The normalized spacial score (nSPS) is 22.0. The number of likely N-dealkylation sites (tertiary alicyclic amines) is 1. The molecule has 1 atom stereocenters. The number of hydrogen-bond donors (Lipinski definition) is 0. The average Bonchev–Trinajstić information content (AvgIpc) is 3.75. The summed E-state index contributed by atoms with van der Waals surface area (Å²) in [4.78, 5) is 50.2. The summed E-state index contributed by atoms with van der Waals surface area (Å²) in [5.74, 6) is -0.493. The third-order valence-corrected chi connectivity index (χ3v) is 11.9. The molecule has 0 radical (unpaired) electrons. The number of ether oxygens (including phenoxy) is 1. The highest BCUT2D eigenvalue weighted by Crippen LogP contribution is 2.46. The van der Waals surface area contributed by atoms with Gasteiger partial charge in [0, 0.05) is 80.4 Å². The van der Waals surface area contributed by atoms with Crippen molar-refractivity contribution in [1.82, 2.24) is 9.80 Å². The van der Waals surface area contributed by atoms with Crippen molar-refractivity contribution in [1.29, 1.82) is 0 Å². The summed E-state index contributed by atoms with van der Waals surface area (Å²) < 4.78 is 4.76. The molecular formula is C39H40ClN5O4. The Kier molecular flexibility index (Phi) is 8.12. The molecule has 10 heteroatoms. The molecule has 3 saturated heterocycles. The summed E-state index contributed by atoms with van der Waals surface area (Å²) in [6.45, 7) is 16.5. The van der Waals surface area contributed by atoms with E-state index in [1.807, 2.05) is 47.4 Å². The molecule has 0 aromatic heterocycles. The SMILES string of the molecule is [C-]#[N+]c1ccc(N2CC3(CCN(c4ccc(C(=O)N5CCC(CN6Cc7cc8c(cc7C6)C(=O)OC8=O)CC5)cc4)CC3)C[C@@H]2C)cc1Cl. The predicted octanol–water partition coefficient (Wildman–Crippen LogP) is 6.95. The smallest absolute Gasteiger partial charge is 0.346 e. The predicted molar refractivity (Wildman–Crippen MR) is 188 cm³/mol. The van der Waals surface area contributed by atoms with Crippen LogP contribution in [0.15, 0.2) is 54.6 Å². The number of carbonyl (C=O) groups is 3. The highest BCUT2D eigenvalue weighted by molar-refractivity contribution is 6.33. The summed E-state index contributed by atoms with van der Waals surface area (Å²) in [6, 6.07) is 18.1. The van der Waals surface area contributed by atoms with Crippen molar-refractivity contribution in [3.8, 4) is 0 Å². The Morgan fingerprint density at radius 2 is 1.55 bits per heavy atom. The zero-order valence-corrected chi connectivity index (χ0v) is 28.5. The van der Waals surface area contributed by atoms with E-state index in [0.717, 1.165) is 107 Å². The fourth-order valence-electron chi connectivity index (χ4n) is 8.89. The Bertz CT molecular complexity index is 1830. The van der Waals surface area contributed by atoms with Crippen molar-refractivity contribution in [2.75, 3.05) is 49.1 Å². The van der Waals surface area contributed by atoms with Gasteiger partial charge in [-0.25, -0.2) is 14.4 Å². The first-order valence-electron chi connectivity index (χ1n) is 17.4. The van der Waals surface area contributed by atoms with E-state index in [2.05, 4.69) is 38.6 Å². The minimum Gasteiger partial charge on any atom is -0.386 e. The van der Waals surface area contributed by atoms with Gasteiger partial charge in [-0.1, -0.05) is 17.7 Å². The van der Waals surface area contributed by atoms with Crippen LogP contribution in [0.1, 0.15) is 81.2 Å².